The van der Waals surface area contributed by atoms with Gasteiger partial charge in [-0.25, -0.2) is 12.8 Å². The maximum Gasteiger partial charge on any atom is 0.254 e. The van der Waals surface area contributed by atoms with E-state index < -0.39 is 26.5 Å². The summed E-state index contributed by atoms with van der Waals surface area (Å²) in [5.41, 5.74) is -0.264. The third-order valence-electron chi connectivity index (χ3n) is 3.65. The van der Waals surface area contributed by atoms with Gasteiger partial charge in [0.25, 0.3) is 5.91 Å². The highest BCUT2D eigenvalue weighted by Gasteiger charge is 2.22. The fraction of sp³-hybridized carbons (Fsp3) is 0.500. The van der Waals surface area contributed by atoms with Crippen LogP contribution in [0.3, 0.4) is 0 Å². The quantitative estimate of drug-likeness (QED) is 0.799. The first-order valence-electron chi connectivity index (χ1n) is 6.97. The number of carbonyl (C=O) groups is 1. The van der Waals surface area contributed by atoms with Gasteiger partial charge in [-0.15, -0.1) is 0 Å². The smallest absolute Gasteiger partial charge is 0.254 e. The molecule has 1 heterocycles. The lowest BCUT2D eigenvalue weighted by atomic mass is 10.1. The molecule has 2 rings (SSSR count). The van der Waals surface area contributed by atoms with Crippen LogP contribution in [0.2, 0.25) is 0 Å². The normalized spacial score (nSPS) is 18.4. The summed E-state index contributed by atoms with van der Waals surface area (Å²) in [6.45, 7) is 2.35. The lowest BCUT2D eigenvalue weighted by Gasteiger charge is -2.11. The Bertz CT molecular complexity index is 673. The van der Waals surface area contributed by atoms with E-state index in [-0.39, 0.29) is 5.56 Å². The van der Waals surface area contributed by atoms with Gasteiger partial charge in [-0.1, -0.05) is 15.9 Å². The Morgan fingerprint density at radius 2 is 2.23 bits per heavy atom. The lowest BCUT2D eigenvalue weighted by Crippen LogP contribution is -2.27. The van der Waals surface area contributed by atoms with Crippen molar-refractivity contribution in [2.24, 2.45) is 5.92 Å². The van der Waals surface area contributed by atoms with E-state index in [1.165, 1.54) is 6.07 Å². The number of halogens is 2. The maximum atomic E-state index is 14.3. The first kappa shape index (κ1) is 17.4. The molecule has 22 heavy (non-hydrogen) atoms. The largest absolute Gasteiger partial charge is 0.352 e. The average Bonchev–Trinajstić information content (AvgIpc) is 2.92. The number of benzene rings is 1. The minimum absolute atomic E-state index is 0.264. The molecule has 0 aromatic heterocycles. The Hall–Kier alpha value is -0.990. The minimum atomic E-state index is -3.74. The van der Waals surface area contributed by atoms with Gasteiger partial charge in [0.1, 0.15) is 4.90 Å². The van der Waals surface area contributed by atoms with Crippen LogP contribution in [0.5, 0.6) is 0 Å². The first-order chi connectivity index (χ1) is 10.3. The number of hydrogen-bond acceptors (Lipinski definition) is 4. The van der Waals surface area contributed by atoms with Gasteiger partial charge in [-0.2, -0.15) is 0 Å². The lowest BCUT2D eigenvalue weighted by molar-refractivity contribution is 0.0947. The molecular formula is C14H18BrFN2O3S. The fourth-order valence-electron chi connectivity index (χ4n) is 2.45. The van der Waals surface area contributed by atoms with Crippen molar-refractivity contribution in [1.29, 1.82) is 0 Å². The van der Waals surface area contributed by atoms with Crippen LogP contribution in [0.15, 0.2) is 21.5 Å². The van der Waals surface area contributed by atoms with E-state index >= 15 is 0 Å². The third kappa shape index (κ3) is 4.27. The standard InChI is InChI=1S/C14H18BrFN2O3S/c1-22(20,21)12-7-10(15)6-11(13(12)16)14(19)18-5-3-9-2-4-17-8-9/h6-7,9,17H,2-5,8H2,1H3,(H,18,19). The molecular weight excluding hydrogens is 375 g/mol. The number of rotatable bonds is 5. The van der Waals surface area contributed by atoms with E-state index in [1.54, 1.807) is 0 Å². The summed E-state index contributed by atoms with van der Waals surface area (Å²) in [5, 5.41) is 5.89. The van der Waals surface area contributed by atoms with Crippen molar-refractivity contribution in [2.45, 2.75) is 17.7 Å². The van der Waals surface area contributed by atoms with Crippen LogP contribution in [0, 0.1) is 11.7 Å². The first-order valence-corrected chi connectivity index (χ1v) is 9.65. The molecule has 5 nitrogen and oxygen atoms in total. The summed E-state index contributed by atoms with van der Waals surface area (Å²) in [6, 6.07) is 2.45. The van der Waals surface area contributed by atoms with Crippen molar-refractivity contribution in [3.8, 4) is 0 Å². The molecule has 1 aliphatic rings. The van der Waals surface area contributed by atoms with Gasteiger partial charge in [-0.05, 0) is 44.0 Å². The molecule has 1 aliphatic heterocycles. The van der Waals surface area contributed by atoms with Gasteiger partial charge in [0.05, 0.1) is 5.56 Å². The van der Waals surface area contributed by atoms with Gasteiger partial charge < -0.3 is 10.6 Å². The monoisotopic (exact) mass is 392 g/mol. The minimum Gasteiger partial charge on any atom is -0.352 e. The number of sulfone groups is 1. The van der Waals surface area contributed by atoms with E-state index in [4.69, 9.17) is 0 Å². The van der Waals surface area contributed by atoms with Crippen molar-refractivity contribution in [1.82, 2.24) is 10.6 Å². The third-order valence-corrected chi connectivity index (χ3v) is 5.20. The van der Waals surface area contributed by atoms with Crippen molar-refractivity contribution >= 4 is 31.7 Å². The van der Waals surface area contributed by atoms with Crippen LogP contribution >= 0.6 is 15.9 Å². The average molecular weight is 393 g/mol. The molecule has 1 saturated heterocycles. The molecule has 0 spiro atoms. The molecule has 0 aliphatic carbocycles. The maximum absolute atomic E-state index is 14.3. The highest BCUT2D eigenvalue weighted by atomic mass is 79.9. The highest BCUT2D eigenvalue weighted by molar-refractivity contribution is 9.10. The van der Waals surface area contributed by atoms with E-state index in [9.17, 15) is 17.6 Å². The van der Waals surface area contributed by atoms with Crippen LogP contribution in [0.4, 0.5) is 4.39 Å². The zero-order chi connectivity index (χ0) is 16.3. The number of carbonyl (C=O) groups excluding carboxylic acids is 1. The molecule has 1 aromatic carbocycles. The highest BCUT2D eigenvalue weighted by Crippen LogP contribution is 2.24. The molecule has 1 unspecified atom stereocenters. The zero-order valence-electron chi connectivity index (χ0n) is 12.2. The summed E-state index contributed by atoms with van der Waals surface area (Å²) in [4.78, 5) is 11.6. The van der Waals surface area contributed by atoms with Crippen molar-refractivity contribution < 1.29 is 17.6 Å². The molecule has 1 fully saturated rings. The Balaban J connectivity index is 2.10. The van der Waals surface area contributed by atoms with Gasteiger partial charge >= 0.3 is 0 Å². The summed E-state index contributed by atoms with van der Waals surface area (Å²) in [7, 11) is -3.74. The van der Waals surface area contributed by atoms with Crippen LogP contribution in [0.25, 0.3) is 0 Å². The molecule has 1 atom stereocenters. The summed E-state index contributed by atoms with van der Waals surface area (Å²) >= 11 is 3.11. The Labute approximate surface area is 137 Å². The molecule has 1 aromatic rings. The van der Waals surface area contributed by atoms with E-state index in [0.717, 1.165) is 38.3 Å². The van der Waals surface area contributed by atoms with Gasteiger partial charge in [-0.3, -0.25) is 4.79 Å². The second-order valence-corrected chi connectivity index (χ2v) is 8.34. The zero-order valence-corrected chi connectivity index (χ0v) is 14.6. The summed E-state index contributed by atoms with van der Waals surface area (Å²) in [6.07, 6.45) is 2.79. The molecule has 0 saturated carbocycles. The predicted octanol–water partition coefficient (Wildman–Crippen LogP) is 1.72. The van der Waals surface area contributed by atoms with E-state index in [2.05, 4.69) is 26.6 Å². The predicted molar refractivity (Wildman–Crippen MR) is 85.1 cm³/mol. The van der Waals surface area contributed by atoms with Crippen LogP contribution in [0.1, 0.15) is 23.2 Å². The van der Waals surface area contributed by atoms with Gasteiger partial charge in [0.15, 0.2) is 15.7 Å². The topological polar surface area (TPSA) is 75.3 Å². The van der Waals surface area contributed by atoms with Crippen LogP contribution < -0.4 is 10.6 Å². The Morgan fingerprint density at radius 1 is 1.50 bits per heavy atom. The number of amides is 1. The molecule has 0 bridgehead atoms. The SMILES string of the molecule is CS(=O)(=O)c1cc(Br)cc(C(=O)NCCC2CCNC2)c1F. The van der Waals surface area contributed by atoms with Crippen LogP contribution in [-0.4, -0.2) is 40.2 Å². The number of hydrogen-bond donors (Lipinski definition) is 2. The van der Waals surface area contributed by atoms with Crippen LogP contribution in [-0.2, 0) is 9.84 Å². The second-order valence-electron chi connectivity index (χ2n) is 5.44. The van der Waals surface area contributed by atoms with E-state index in [0.29, 0.717) is 16.9 Å². The Kier molecular flexibility index (Phi) is 5.57. The second kappa shape index (κ2) is 7.06. The molecule has 0 radical (unpaired) electrons. The van der Waals surface area contributed by atoms with Crippen molar-refractivity contribution in [3.63, 3.8) is 0 Å². The van der Waals surface area contributed by atoms with Gasteiger partial charge in [0, 0.05) is 17.3 Å². The van der Waals surface area contributed by atoms with Gasteiger partial charge in [0.2, 0.25) is 0 Å². The summed E-state index contributed by atoms with van der Waals surface area (Å²) < 4.78 is 37.7. The van der Waals surface area contributed by atoms with Crippen molar-refractivity contribution in [3.05, 3.63) is 28.0 Å². The Morgan fingerprint density at radius 3 is 2.82 bits per heavy atom. The summed E-state index contributed by atoms with van der Waals surface area (Å²) in [5.74, 6) is -1.10. The van der Waals surface area contributed by atoms with Crippen molar-refractivity contribution in [2.75, 3.05) is 25.9 Å². The molecule has 2 N–H and O–H groups in total. The molecule has 8 heteroatoms. The number of nitrogens with one attached hydrogen (secondary N) is 2. The molecule has 1 amide bonds. The fourth-order valence-corrected chi connectivity index (χ4v) is 3.83. The van der Waals surface area contributed by atoms with E-state index in [1.807, 2.05) is 0 Å². The molecule has 122 valence electrons.